The number of sulfonamides is 1. The molecule has 2 atom stereocenters. The van der Waals surface area contributed by atoms with Crippen LogP contribution in [0, 0.1) is 0 Å². The van der Waals surface area contributed by atoms with Gasteiger partial charge >= 0.3 is 6.61 Å². The third-order valence-electron chi connectivity index (χ3n) is 5.53. The standard InChI is InChI=1S/C23H22F2N2O4S2/c1-15(16-8-10-19(11-9-16)31-23(24)25)26-22(28)20-13-17-5-2-3-6-18(17)14-27(20)33(29,30)21-7-4-12-32-21/h2-12,15,20,23H,13-14H2,1H3,(H,26,28)/t15?,20-/m0/s1. The lowest BCUT2D eigenvalue weighted by Crippen LogP contribution is -2.52. The maximum Gasteiger partial charge on any atom is 0.387 e. The fourth-order valence-electron chi connectivity index (χ4n) is 3.83. The van der Waals surface area contributed by atoms with Crippen molar-refractivity contribution in [1.29, 1.82) is 0 Å². The van der Waals surface area contributed by atoms with Crippen LogP contribution in [0.4, 0.5) is 8.78 Å². The lowest BCUT2D eigenvalue weighted by Gasteiger charge is -2.35. The molecular weight excluding hydrogens is 470 g/mol. The SMILES string of the molecule is CC(NC(=O)[C@@H]1Cc2ccccc2CN1S(=O)(=O)c1cccs1)c1ccc(OC(F)F)cc1. The number of rotatable bonds is 7. The number of carbonyl (C=O) groups is 1. The zero-order valence-electron chi connectivity index (χ0n) is 17.6. The molecule has 1 aliphatic rings. The van der Waals surface area contributed by atoms with E-state index in [-0.39, 0.29) is 22.9 Å². The van der Waals surface area contributed by atoms with Crippen LogP contribution in [0.3, 0.4) is 0 Å². The molecule has 3 aromatic rings. The molecule has 2 heterocycles. The van der Waals surface area contributed by atoms with Gasteiger partial charge in [-0.3, -0.25) is 4.79 Å². The summed E-state index contributed by atoms with van der Waals surface area (Å²) in [6, 6.07) is 15.2. The van der Waals surface area contributed by atoms with Crippen LogP contribution in [-0.4, -0.2) is 31.3 Å². The summed E-state index contributed by atoms with van der Waals surface area (Å²) in [6.45, 7) is -1.07. The molecule has 174 valence electrons. The number of amides is 1. The average molecular weight is 493 g/mol. The van der Waals surface area contributed by atoms with Crippen molar-refractivity contribution < 1.29 is 26.7 Å². The van der Waals surface area contributed by atoms with Crippen LogP contribution in [0.25, 0.3) is 0 Å². The molecule has 0 saturated heterocycles. The Balaban J connectivity index is 1.57. The highest BCUT2D eigenvalue weighted by Gasteiger charge is 2.40. The zero-order valence-corrected chi connectivity index (χ0v) is 19.3. The van der Waals surface area contributed by atoms with E-state index in [1.54, 1.807) is 30.5 Å². The minimum absolute atomic E-state index is 0.0179. The maximum absolute atomic E-state index is 13.3. The molecule has 0 aliphatic carbocycles. The predicted octanol–water partition coefficient (Wildman–Crippen LogP) is 4.34. The first kappa shape index (κ1) is 23.3. The van der Waals surface area contributed by atoms with Gasteiger partial charge in [-0.15, -0.1) is 11.3 Å². The van der Waals surface area contributed by atoms with Crippen LogP contribution in [-0.2, 0) is 27.8 Å². The normalized spacial score (nSPS) is 17.4. The molecule has 0 bridgehead atoms. The lowest BCUT2D eigenvalue weighted by atomic mass is 9.95. The van der Waals surface area contributed by atoms with Crippen molar-refractivity contribution in [3.05, 3.63) is 82.7 Å². The fraction of sp³-hybridized carbons (Fsp3) is 0.261. The first-order valence-electron chi connectivity index (χ1n) is 10.2. The molecule has 1 N–H and O–H groups in total. The second-order valence-electron chi connectivity index (χ2n) is 7.65. The van der Waals surface area contributed by atoms with E-state index in [2.05, 4.69) is 10.1 Å². The van der Waals surface area contributed by atoms with Crippen LogP contribution < -0.4 is 10.1 Å². The van der Waals surface area contributed by atoms with E-state index in [4.69, 9.17) is 0 Å². The number of benzene rings is 2. The number of carbonyl (C=O) groups excluding carboxylic acids is 1. The summed E-state index contributed by atoms with van der Waals surface area (Å²) < 4.78 is 57.2. The van der Waals surface area contributed by atoms with E-state index in [0.29, 0.717) is 5.56 Å². The van der Waals surface area contributed by atoms with Crippen LogP contribution >= 0.6 is 11.3 Å². The first-order chi connectivity index (χ1) is 15.8. The van der Waals surface area contributed by atoms with Gasteiger partial charge in [0, 0.05) is 6.54 Å². The Bertz CT molecular complexity index is 1220. The zero-order chi connectivity index (χ0) is 23.6. The summed E-state index contributed by atoms with van der Waals surface area (Å²) in [5.41, 5.74) is 2.47. The van der Waals surface area contributed by atoms with Crippen molar-refractivity contribution in [2.75, 3.05) is 0 Å². The largest absolute Gasteiger partial charge is 0.435 e. The van der Waals surface area contributed by atoms with Gasteiger partial charge in [-0.05, 0) is 53.6 Å². The van der Waals surface area contributed by atoms with E-state index in [1.165, 1.54) is 22.5 Å². The Labute approximate surface area is 194 Å². The summed E-state index contributed by atoms with van der Waals surface area (Å²) in [5.74, 6) is -0.408. The highest BCUT2D eigenvalue weighted by molar-refractivity contribution is 7.91. The van der Waals surface area contributed by atoms with Crippen LogP contribution in [0.5, 0.6) is 5.75 Å². The summed E-state index contributed by atoms with van der Waals surface area (Å²) in [6.07, 6.45) is 0.250. The van der Waals surface area contributed by atoms with Crippen LogP contribution in [0.2, 0.25) is 0 Å². The molecule has 10 heteroatoms. The van der Waals surface area contributed by atoms with E-state index in [1.807, 2.05) is 24.3 Å². The quantitative estimate of drug-likeness (QED) is 0.532. The average Bonchev–Trinajstić information content (AvgIpc) is 3.34. The van der Waals surface area contributed by atoms with E-state index in [0.717, 1.165) is 22.5 Å². The molecule has 0 radical (unpaired) electrons. The van der Waals surface area contributed by atoms with Gasteiger partial charge in [-0.25, -0.2) is 8.42 Å². The molecule has 1 unspecified atom stereocenters. The number of nitrogens with zero attached hydrogens (tertiary/aromatic N) is 1. The summed E-state index contributed by atoms with van der Waals surface area (Å²) >= 11 is 1.11. The first-order valence-corrected chi connectivity index (χ1v) is 12.5. The van der Waals surface area contributed by atoms with Gasteiger partial charge in [0.05, 0.1) is 6.04 Å². The maximum atomic E-state index is 13.3. The van der Waals surface area contributed by atoms with Crippen molar-refractivity contribution in [2.45, 2.75) is 42.8 Å². The third-order valence-corrected chi connectivity index (χ3v) is 8.76. The minimum atomic E-state index is -3.87. The Morgan fingerprint density at radius 2 is 1.79 bits per heavy atom. The summed E-state index contributed by atoms with van der Waals surface area (Å²) in [7, 11) is -3.87. The number of nitrogens with one attached hydrogen (secondary N) is 1. The summed E-state index contributed by atoms with van der Waals surface area (Å²) in [5, 5.41) is 4.56. The molecule has 1 amide bonds. The molecule has 2 aromatic carbocycles. The van der Waals surface area contributed by atoms with Crippen molar-refractivity contribution in [3.8, 4) is 5.75 Å². The molecule has 1 aromatic heterocycles. The van der Waals surface area contributed by atoms with Crippen molar-refractivity contribution in [3.63, 3.8) is 0 Å². The molecule has 0 spiro atoms. The molecule has 4 rings (SSSR count). The molecule has 0 saturated carbocycles. The highest BCUT2D eigenvalue weighted by Crippen LogP contribution is 2.31. The fourth-order valence-corrected chi connectivity index (χ4v) is 6.52. The van der Waals surface area contributed by atoms with Gasteiger partial charge in [0.15, 0.2) is 0 Å². The number of thiophene rings is 1. The van der Waals surface area contributed by atoms with Crippen molar-refractivity contribution >= 4 is 27.3 Å². The molecular formula is C23H22F2N2O4S2. The van der Waals surface area contributed by atoms with Gasteiger partial charge < -0.3 is 10.1 Å². The predicted molar refractivity (Wildman–Crippen MR) is 121 cm³/mol. The Hall–Kier alpha value is -2.82. The molecule has 6 nitrogen and oxygen atoms in total. The number of alkyl halides is 2. The second kappa shape index (κ2) is 9.58. The number of hydrogen-bond acceptors (Lipinski definition) is 5. The van der Waals surface area contributed by atoms with Crippen LogP contribution in [0.15, 0.2) is 70.3 Å². The second-order valence-corrected chi connectivity index (χ2v) is 10.7. The number of fused-ring (bicyclic) bond motifs is 1. The van der Waals surface area contributed by atoms with E-state index >= 15 is 0 Å². The number of halogens is 2. The van der Waals surface area contributed by atoms with Gasteiger partial charge in [-0.2, -0.15) is 13.1 Å². The van der Waals surface area contributed by atoms with Gasteiger partial charge in [-0.1, -0.05) is 42.5 Å². The molecule has 1 aliphatic heterocycles. The topological polar surface area (TPSA) is 75.7 Å². The van der Waals surface area contributed by atoms with Crippen molar-refractivity contribution in [1.82, 2.24) is 9.62 Å². The van der Waals surface area contributed by atoms with Crippen molar-refractivity contribution in [2.24, 2.45) is 0 Å². The van der Waals surface area contributed by atoms with Gasteiger partial charge in [0.2, 0.25) is 5.91 Å². The van der Waals surface area contributed by atoms with E-state index < -0.39 is 34.6 Å². The number of hydrogen-bond donors (Lipinski definition) is 1. The Morgan fingerprint density at radius 1 is 1.09 bits per heavy atom. The molecule has 0 fully saturated rings. The van der Waals surface area contributed by atoms with E-state index in [9.17, 15) is 22.0 Å². The lowest BCUT2D eigenvalue weighted by molar-refractivity contribution is -0.125. The van der Waals surface area contributed by atoms with Gasteiger partial charge in [0.1, 0.15) is 16.0 Å². The highest BCUT2D eigenvalue weighted by atomic mass is 32.2. The number of ether oxygens (including phenoxy) is 1. The Morgan fingerprint density at radius 3 is 2.42 bits per heavy atom. The third kappa shape index (κ3) is 5.07. The minimum Gasteiger partial charge on any atom is -0.435 e. The smallest absolute Gasteiger partial charge is 0.387 e. The monoisotopic (exact) mass is 492 g/mol. The summed E-state index contributed by atoms with van der Waals surface area (Å²) in [4.78, 5) is 13.3. The van der Waals surface area contributed by atoms with Crippen LogP contribution in [0.1, 0.15) is 29.7 Å². The molecule has 33 heavy (non-hydrogen) atoms. The Kier molecular flexibility index (Phi) is 6.78. The van der Waals surface area contributed by atoms with Gasteiger partial charge in [0.25, 0.3) is 10.0 Å².